The summed E-state index contributed by atoms with van der Waals surface area (Å²) in [5.74, 6) is 0.861. The van der Waals surface area contributed by atoms with Gasteiger partial charge in [-0.15, -0.1) is 0 Å². The van der Waals surface area contributed by atoms with Crippen LogP contribution in [0.15, 0.2) is 22.6 Å². The van der Waals surface area contributed by atoms with Crippen LogP contribution >= 0.6 is 0 Å². The molecule has 2 aromatic rings. The van der Waals surface area contributed by atoms with Crippen molar-refractivity contribution in [3.05, 3.63) is 29.7 Å². The van der Waals surface area contributed by atoms with Crippen LogP contribution in [0.2, 0.25) is 0 Å². The van der Waals surface area contributed by atoms with Gasteiger partial charge in [0.2, 0.25) is 0 Å². The van der Waals surface area contributed by atoms with Gasteiger partial charge in [-0.1, -0.05) is 6.07 Å². The molecule has 3 heteroatoms. The summed E-state index contributed by atoms with van der Waals surface area (Å²) in [6.45, 7) is 3.20. The van der Waals surface area contributed by atoms with Gasteiger partial charge in [0, 0.05) is 12.5 Å². The maximum Gasteiger partial charge on any atom is 0.197 e. The fraction of sp³-hybridized carbons (Fsp3) is 0.462. The predicted molar refractivity (Wildman–Crippen MR) is 63.5 cm³/mol. The van der Waals surface area contributed by atoms with Crippen LogP contribution in [0, 0.1) is 6.92 Å². The third-order valence-electron chi connectivity index (χ3n) is 3.17. The normalized spacial score (nSPS) is 20.7. The van der Waals surface area contributed by atoms with Crippen molar-refractivity contribution in [3.8, 4) is 0 Å². The zero-order valence-corrected chi connectivity index (χ0v) is 9.49. The number of hydrogen-bond donors (Lipinski definition) is 1. The molecule has 1 fully saturated rings. The number of rotatable bonds is 2. The Kier molecular flexibility index (Phi) is 2.40. The lowest BCUT2D eigenvalue weighted by molar-refractivity contribution is 0.478. The van der Waals surface area contributed by atoms with E-state index in [0.717, 1.165) is 30.0 Å². The third kappa shape index (κ3) is 1.83. The van der Waals surface area contributed by atoms with E-state index >= 15 is 0 Å². The summed E-state index contributed by atoms with van der Waals surface area (Å²) in [6, 6.07) is 6.70. The summed E-state index contributed by atoms with van der Waals surface area (Å²) >= 11 is 0. The Morgan fingerprint density at radius 1 is 1.50 bits per heavy atom. The van der Waals surface area contributed by atoms with Crippen molar-refractivity contribution in [2.24, 2.45) is 0 Å². The van der Waals surface area contributed by atoms with E-state index in [2.05, 4.69) is 23.3 Å². The number of aryl methyl sites for hydroxylation is 1. The molecule has 3 nitrogen and oxygen atoms in total. The Bertz CT molecular complexity index is 498. The molecule has 1 aromatic heterocycles. The van der Waals surface area contributed by atoms with Crippen molar-refractivity contribution in [2.75, 3.05) is 6.54 Å². The Morgan fingerprint density at radius 2 is 2.44 bits per heavy atom. The van der Waals surface area contributed by atoms with E-state index in [1.807, 2.05) is 12.1 Å². The highest BCUT2D eigenvalue weighted by molar-refractivity contribution is 5.73. The number of nitrogens with zero attached hydrogens (tertiary/aromatic N) is 1. The van der Waals surface area contributed by atoms with E-state index in [1.54, 1.807) is 0 Å². The van der Waals surface area contributed by atoms with E-state index in [1.165, 1.54) is 18.4 Å². The lowest BCUT2D eigenvalue weighted by Crippen LogP contribution is -2.23. The van der Waals surface area contributed by atoms with E-state index in [9.17, 15) is 0 Å². The van der Waals surface area contributed by atoms with Crippen LogP contribution in [0.3, 0.4) is 0 Å². The molecule has 0 radical (unpaired) electrons. The second-order valence-electron chi connectivity index (χ2n) is 4.58. The van der Waals surface area contributed by atoms with Crippen molar-refractivity contribution in [1.29, 1.82) is 0 Å². The van der Waals surface area contributed by atoms with E-state index in [4.69, 9.17) is 4.42 Å². The van der Waals surface area contributed by atoms with Gasteiger partial charge in [-0.25, -0.2) is 4.98 Å². The molecule has 1 unspecified atom stereocenters. The van der Waals surface area contributed by atoms with Crippen molar-refractivity contribution in [2.45, 2.75) is 32.2 Å². The van der Waals surface area contributed by atoms with Gasteiger partial charge in [0.05, 0.1) is 0 Å². The molecule has 0 saturated carbocycles. The highest BCUT2D eigenvalue weighted by Crippen LogP contribution is 2.19. The summed E-state index contributed by atoms with van der Waals surface area (Å²) in [6.07, 6.45) is 3.41. The minimum absolute atomic E-state index is 0.550. The van der Waals surface area contributed by atoms with Crippen molar-refractivity contribution < 1.29 is 4.42 Å². The number of aromatic nitrogens is 1. The third-order valence-corrected chi connectivity index (χ3v) is 3.17. The number of oxazole rings is 1. The quantitative estimate of drug-likeness (QED) is 0.837. The van der Waals surface area contributed by atoms with Crippen LogP contribution in [0.5, 0.6) is 0 Å². The Balaban J connectivity index is 1.86. The minimum atomic E-state index is 0.550. The van der Waals surface area contributed by atoms with Crippen LogP contribution in [-0.4, -0.2) is 17.6 Å². The molecule has 0 spiro atoms. The lowest BCUT2D eigenvalue weighted by Gasteiger charge is -2.05. The van der Waals surface area contributed by atoms with Crippen LogP contribution in [-0.2, 0) is 6.42 Å². The average molecular weight is 216 g/mol. The molecular formula is C13H16N2O. The second-order valence-corrected chi connectivity index (χ2v) is 4.58. The largest absolute Gasteiger partial charge is 0.441 e. The zero-order chi connectivity index (χ0) is 11.0. The first kappa shape index (κ1) is 9.85. The molecule has 1 N–H and O–H groups in total. The van der Waals surface area contributed by atoms with Crippen molar-refractivity contribution in [3.63, 3.8) is 0 Å². The Labute approximate surface area is 94.9 Å². The fourth-order valence-corrected chi connectivity index (χ4v) is 2.31. The fourth-order valence-electron chi connectivity index (χ4n) is 2.31. The molecule has 2 heterocycles. The summed E-state index contributed by atoms with van der Waals surface area (Å²) in [5.41, 5.74) is 3.10. The maximum absolute atomic E-state index is 5.76. The molecule has 1 aromatic carbocycles. The molecule has 1 aliphatic heterocycles. The molecule has 1 saturated heterocycles. The summed E-state index contributed by atoms with van der Waals surface area (Å²) < 4.78 is 5.76. The SMILES string of the molecule is Cc1ccc2nc(CC3CCCN3)oc2c1. The first-order chi connectivity index (χ1) is 7.81. The van der Waals surface area contributed by atoms with Gasteiger partial charge < -0.3 is 9.73 Å². The first-order valence-corrected chi connectivity index (χ1v) is 5.91. The van der Waals surface area contributed by atoms with Crippen LogP contribution in [0.1, 0.15) is 24.3 Å². The highest BCUT2D eigenvalue weighted by atomic mass is 16.3. The molecular weight excluding hydrogens is 200 g/mol. The molecule has 16 heavy (non-hydrogen) atoms. The van der Waals surface area contributed by atoms with Gasteiger partial charge in [0.1, 0.15) is 5.52 Å². The van der Waals surface area contributed by atoms with Crippen LogP contribution < -0.4 is 5.32 Å². The lowest BCUT2D eigenvalue weighted by atomic mass is 10.2. The number of nitrogens with one attached hydrogen (secondary N) is 1. The van der Waals surface area contributed by atoms with Gasteiger partial charge in [-0.05, 0) is 44.0 Å². The number of fused-ring (bicyclic) bond motifs is 1. The molecule has 0 amide bonds. The molecule has 0 aliphatic carbocycles. The highest BCUT2D eigenvalue weighted by Gasteiger charge is 2.17. The van der Waals surface area contributed by atoms with Gasteiger partial charge in [-0.2, -0.15) is 0 Å². The number of hydrogen-bond acceptors (Lipinski definition) is 3. The van der Waals surface area contributed by atoms with Crippen LogP contribution in [0.4, 0.5) is 0 Å². The smallest absolute Gasteiger partial charge is 0.197 e. The van der Waals surface area contributed by atoms with E-state index < -0.39 is 0 Å². The van der Waals surface area contributed by atoms with Crippen molar-refractivity contribution in [1.82, 2.24) is 10.3 Å². The van der Waals surface area contributed by atoms with Crippen LogP contribution in [0.25, 0.3) is 11.1 Å². The zero-order valence-electron chi connectivity index (χ0n) is 9.49. The monoisotopic (exact) mass is 216 g/mol. The van der Waals surface area contributed by atoms with Gasteiger partial charge >= 0.3 is 0 Å². The molecule has 84 valence electrons. The Morgan fingerprint density at radius 3 is 3.25 bits per heavy atom. The van der Waals surface area contributed by atoms with E-state index in [0.29, 0.717) is 6.04 Å². The standard InChI is InChI=1S/C13H16N2O/c1-9-4-5-11-12(7-9)16-13(15-11)8-10-3-2-6-14-10/h4-5,7,10,14H,2-3,6,8H2,1H3. The van der Waals surface area contributed by atoms with Gasteiger partial charge in [0.15, 0.2) is 11.5 Å². The molecule has 0 bridgehead atoms. The maximum atomic E-state index is 5.76. The summed E-state index contributed by atoms with van der Waals surface area (Å²) in [7, 11) is 0. The summed E-state index contributed by atoms with van der Waals surface area (Å²) in [5, 5.41) is 3.46. The van der Waals surface area contributed by atoms with Gasteiger partial charge in [0.25, 0.3) is 0 Å². The molecule has 3 rings (SSSR count). The van der Waals surface area contributed by atoms with Gasteiger partial charge in [-0.3, -0.25) is 0 Å². The van der Waals surface area contributed by atoms with E-state index in [-0.39, 0.29) is 0 Å². The minimum Gasteiger partial charge on any atom is -0.441 e. The number of benzene rings is 1. The second kappa shape index (κ2) is 3.91. The first-order valence-electron chi connectivity index (χ1n) is 5.91. The van der Waals surface area contributed by atoms with Crippen molar-refractivity contribution >= 4 is 11.1 Å². The Hall–Kier alpha value is -1.35. The molecule has 1 atom stereocenters. The average Bonchev–Trinajstić information content (AvgIpc) is 2.86. The topological polar surface area (TPSA) is 38.1 Å². The molecule has 1 aliphatic rings. The summed E-state index contributed by atoms with van der Waals surface area (Å²) in [4.78, 5) is 4.51. The predicted octanol–water partition coefficient (Wildman–Crippen LogP) is 2.43.